The van der Waals surface area contributed by atoms with E-state index in [4.69, 9.17) is 9.47 Å². The number of nitrogens with one attached hydrogen (secondary N) is 1. The highest BCUT2D eigenvalue weighted by Gasteiger charge is 2.10. The van der Waals surface area contributed by atoms with E-state index in [1.54, 1.807) is 13.4 Å². The molecule has 0 aliphatic carbocycles. The number of rotatable bonds is 8. The molecule has 1 unspecified atom stereocenters. The van der Waals surface area contributed by atoms with Crippen molar-refractivity contribution in [3.8, 4) is 5.88 Å². The molecule has 1 heterocycles. The zero-order valence-corrected chi connectivity index (χ0v) is 14.0. The zero-order valence-electron chi connectivity index (χ0n) is 12.4. The van der Waals surface area contributed by atoms with Gasteiger partial charge in [0, 0.05) is 13.7 Å². The monoisotopic (exact) mass is 343 g/mol. The van der Waals surface area contributed by atoms with Crippen LogP contribution in [0.2, 0.25) is 0 Å². The average Bonchev–Trinajstić information content (AvgIpc) is 2.44. The maximum atomic E-state index is 5.69. The third-order valence-electron chi connectivity index (χ3n) is 2.54. The number of nitrogens with zero attached hydrogens (tertiary/aromatic N) is 2. The lowest BCUT2D eigenvalue weighted by Crippen LogP contribution is -2.19. The van der Waals surface area contributed by atoms with Gasteiger partial charge in [-0.3, -0.25) is 4.99 Å². The van der Waals surface area contributed by atoms with Gasteiger partial charge in [-0.25, -0.2) is 4.98 Å². The molecule has 1 rings (SSSR count). The molecule has 0 bridgehead atoms. The van der Waals surface area contributed by atoms with Gasteiger partial charge in [0.1, 0.15) is 6.61 Å². The van der Waals surface area contributed by atoms with Gasteiger partial charge < -0.3 is 14.8 Å². The Kier molecular flexibility index (Phi) is 7.54. The number of aromatic nitrogens is 1. The minimum atomic E-state index is 0.0500. The van der Waals surface area contributed by atoms with Crippen molar-refractivity contribution in [3.05, 3.63) is 16.2 Å². The summed E-state index contributed by atoms with van der Waals surface area (Å²) in [5.41, 5.74) is 1.75. The Balaban J connectivity index is 2.65. The Morgan fingerprint density at radius 2 is 2.30 bits per heavy atom. The molecule has 20 heavy (non-hydrogen) atoms. The number of hydrogen-bond acceptors (Lipinski definition) is 4. The number of aryl methyl sites for hydroxylation is 1. The lowest BCUT2D eigenvalue weighted by molar-refractivity contribution is 0.0313. The maximum absolute atomic E-state index is 5.69. The minimum absolute atomic E-state index is 0.0500. The fraction of sp³-hybridized carbons (Fsp3) is 0.571. The molecule has 0 aromatic carbocycles. The predicted octanol–water partition coefficient (Wildman–Crippen LogP) is 3.42. The quantitative estimate of drug-likeness (QED) is 0.580. The van der Waals surface area contributed by atoms with Crippen LogP contribution in [0.5, 0.6) is 5.88 Å². The largest absolute Gasteiger partial charge is 0.474 e. The van der Waals surface area contributed by atoms with Crippen LogP contribution in [0.15, 0.2) is 15.5 Å². The van der Waals surface area contributed by atoms with Crippen molar-refractivity contribution in [3.63, 3.8) is 0 Å². The first-order valence-electron chi connectivity index (χ1n) is 6.67. The number of anilines is 1. The van der Waals surface area contributed by atoms with Gasteiger partial charge >= 0.3 is 0 Å². The lowest BCUT2D eigenvalue weighted by Gasteiger charge is -2.15. The molecule has 1 aromatic heterocycles. The van der Waals surface area contributed by atoms with Gasteiger partial charge in [-0.05, 0) is 42.3 Å². The number of hydrogen-bond donors (Lipinski definition) is 1. The van der Waals surface area contributed by atoms with Crippen molar-refractivity contribution in [2.24, 2.45) is 4.99 Å². The van der Waals surface area contributed by atoms with E-state index in [0.29, 0.717) is 12.5 Å². The average molecular weight is 344 g/mol. The Hall–Kier alpha value is -1.14. The molecular weight excluding hydrogens is 322 g/mol. The van der Waals surface area contributed by atoms with Crippen LogP contribution in [0, 0.1) is 6.92 Å². The molecule has 6 heteroatoms. The maximum Gasteiger partial charge on any atom is 0.228 e. The van der Waals surface area contributed by atoms with Gasteiger partial charge in [0.05, 0.1) is 28.3 Å². The van der Waals surface area contributed by atoms with Crippen molar-refractivity contribution in [1.82, 2.24) is 4.98 Å². The van der Waals surface area contributed by atoms with E-state index in [2.05, 4.69) is 38.1 Å². The second-order valence-corrected chi connectivity index (χ2v) is 5.29. The minimum Gasteiger partial charge on any atom is -0.474 e. The van der Waals surface area contributed by atoms with E-state index < -0.39 is 0 Å². The Morgan fingerprint density at radius 3 is 2.95 bits per heavy atom. The fourth-order valence-corrected chi connectivity index (χ4v) is 1.94. The molecule has 0 fully saturated rings. The van der Waals surface area contributed by atoms with Crippen LogP contribution in [0.25, 0.3) is 0 Å². The van der Waals surface area contributed by atoms with Gasteiger partial charge in [0.2, 0.25) is 5.88 Å². The van der Waals surface area contributed by atoms with E-state index >= 15 is 0 Å². The summed E-state index contributed by atoms with van der Waals surface area (Å²) in [5, 5.41) is 3.06. The van der Waals surface area contributed by atoms with Crippen LogP contribution >= 0.6 is 15.9 Å². The summed E-state index contributed by atoms with van der Waals surface area (Å²) < 4.78 is 12.1. The number of aliphatic imine (C=N–C) groups is 1. The third kappa shape index (κ3) is 5.46. The molecule has 112 valence electrons. The predicted molar refractivity (Wildman–Crippen MR) is 85.9 cm³/mol. The van der Waals surface area contributed by atoms with E-state index in [1.165, 1.54) is 0 Å². The van der Waals surface area contributed by atoms with E-state index in [-0.39, 0.29) is 6.10 Å². The topological polar surface area (TPSA) is 55.7 Å². The SMILES string of the molecule is CCCOC(C)COc1nc(C)c(NC=NC)cc1Br. The molecule has 1 aromatic rings. The van der Waals surface area contributed by atoms with Crippen molar-refractivity contribution >= 4 is 28.0 Å². The third-order valence-corrected chi connectivity index (χ3v) is 3.11. The summed E-state index contributed by atoms with van der Waals surface area (Å²) >= 11 is 3.46. The van der Waals surface area contributed by atoms with Crippen molar-refractivity contribution in [1.29, 1.82) is 0 Å². The smallest absolute Gasteiger partial charge is 0.228 e. The summed E-state index contributed by atoms with van der Waals surface area (Å²) in [4.78, 5) is 8.31. The highest BCUT2D eigenvalue weighted by Crippen LogP contribution is 2.28. The summed E-state index contributed by atoms with van der Waals surface area (Å²) in [6.07, 6.45) is 2.68. The fourth-order valence-electron chi connectivity index (χ4n) is 1.50. The van der Waals surface area contributed by atoms with E-state index in [1.807, 2.05) is 19.9 Å². The van der Waals surface area contributed by atoms with Gasteiger partial charge in [0.15, 0.2) is 0 Å². The second kappa shape index (κ2) is 8.92. The van der Waals surface area contributed by atoms with Gasteiger partial charge in [-0.2, -0.15) is 0 Å². The Labute approximate surface area is 128 Å². The molecule has 5 nitrogen and oxygen atoms in total. The first kappa shape index (κ1) is 16.9. The zero-order chi connectivity index (χ0) is 15.0. The molecule has 0 amide bonds. The molecule has 0 radical (unpaired) electrons. The number of halogens is 1. The van der Waals surface area contributed by atoms with Crippen LogP contribution in [-0.2, 0) is 4.74 Å². The first-order chi connectivity index (χ1) is 9.58. The first-order valence-corrected chi connectivity index (χ1v) is 7.46. The van der Waals surface area contributed by atoms with Crippen molar-refractivity contribution in [2.45, 2.75) is 33.3 Å². The number of ether oxygens (including phenoxy) is 2. The molecule has 0 aliphatic rings. The summed E-state index contributed by atoms with van der Waals surface area (Å²) in [6.45, 7) is 7.22. The lowest BCUT2D eigenvalue weighted by atomic mass is 10.3. The highest BCUT2D eigenvalue weighted by atomic mass is 79.9. The molecule has 0 saturated heterocycles. The molecule has 1 atom stereocenters. The molecular formula is C14H22BrN3O2. The van der Waals surface area contributed by atoms with Gasteiger partial charge in [0.25, 0.3) is 0 Å². The molecule has 0 saturated carbocycles. The van der Waals surface area contributed by atoms with E-state index in [0.717, 1.165) is 28.9 Å². The summed E-state index contributed by atoms with van der Waals surface area (Å²) in [6, 6.07) is 1.93. The van der Waals surface area contributed by atoms with Crippen LogP contribution in [0.1, 0.15) is 26.0 Å². The highest BCUT2D eigenvalue weighted by molar-refractivity contribution is 9.10. The Morgan fingerprint density at radius 1 is 1.55 bits per heavy atom. The van der Waals surface area contributed by atoms with Gasteiger partial charge in [-0.1, -0.05) is 6.92 Å². The van der Waals surface area contributed by atoms with Crippen molar-refractivity contribution in [2.75, 3.05) is 25.6 Å². The van der Waals surface area contributed by atoms with Crippen LogP contribution in [0.3, 0.4) is 0 Å². The van der Waals surface area contributed by atoms with Crippen LogP contribution in [-0.4, -0.2) is 37.7 Å². The molecule has 0 spiro atoms. The summed E-state index contributed by atoms with van der Waals surface area (Å²) in [5.74, 6) is 0.577. The summed E-state index contributed by atoms with van der Waals surface area (Å²) in [7, 11) is 1.71. The van der Waals surface area contributed by atoms with Crippen molar-refractivity contribution < 1.29 is 9.47 Å². The molecule has 1 N–H and O–H groups in total. The normalized spacial score (nSPS) is 12.7. The van der Waals surface area contributed by atoms with Crippen LogP contribution in [0.4, 0.5) is 5.69 Å². The van der Waals surface area contributed by atoms with Crippen LogP contribution < -0.4 is 10.1 Å². The second-order valence-electron chi connectivity index (χ2n) is 4.43. The number of pyridine rings is 1. The standard InChI is InChI=1S/C14H22BrN3O2/c1-5-6-19-10(2)8-20-14-12(15)7-13(11(3)18-14)17-9-16-4/h7,9-10H,5-6,8H2,1-4H3,(H,16,17). The molecule has 0 aliphatic heterocycles. The van der Waals surface area contributed by atoms with Gasteiger partial charge in [-0.15, -0.1) is 0 Å². The Bertz CT molecular complexity index is 452. The van der Waals surface area contributed by atoms with E-state index in [9.17, 15) is 0 Å².